The second-order valence-electron chi connectivity index (χ2n) is 4.86. The van der Waals surface area contributed by atoms with Gasteiger partial charge in [0.1, 0.15) is 6.61 Å². The van der Waals surface area contributed by atoms with Crippen LogP contribution in [0.5, 0.6) is 0 Å². The Bertz CT molecular complexity index is 457. The lowest BCUT2D eigenvalue weighted by molar-refractivity contribution is 0.292. The van der Waals surface area contributed by atoms with Crippen molar-refractivity contribution in [3.63, 3.8) is 0 Å². The van der Waals surface area contributed by atoms with Crippen molar-refractivity contribution in [3.8, 4) is 0 Å². The number of hydrogen-bond donors (Lipinski definition) is 1. The van der Waals surface area contributed by atoms with Crippen molar-refractivity contribution >= 4 is 23.5 Å². The first-order valence-corrected chi connectivity index (χ1v) is 7.45. The van der Waals surface area contributed by atoms with Crippen molar-refractivity contribution in [3.05, 3.63) is 29.3 Å². The van der Waals surface area contributed by atoms with Crippen LogP contribution in [0.2, 0.25) is 0 Å². The highest BCUT2D eigenvalue weighted by molar-refractivity contribution is 7.99. The number of hydrogen-bond acceptors (Lipinski definition) is 4. The Morgan fingerprint density at radius 3 is 2.83 bits per heavy atom. The number of anilines is 1. The zero-order chi connectivity index (χ0) is 13.1. The van der Waals surface area contributed by atoms with Crippen LogP contribution in [0.4, 0.5) is 5.69 Å². The van der Waals surface area contributed by atoms with Crippen LogP contribution in [0.15, 0.2) is 23.2 Å². The van der Waals surface area contributed by atoms with Gasteiger partial charge in [0.25, 0.3) is 0 Å². The third kappa shape index (κ3) is 2.64. The number of nitrogens with one attached hydrogen (secondary N) is 1. The van der Waals surface area contributed by atoms with Gasteiger partial charge >= 0.3 is 0 Å². The Balaban J connectivity index is 2.34. The van der Waals surface area contributed by atoms with Crippen molar-refractivity contribution in [2.75, 3.05) is 17.6 Å². The van der Waals surface area contributed by atoms with Gasteiger partial charge in [0.15, 0.2) is 0 Å². The summed E-state index contributed by atoms with van der Waals surface area (Å²) in [5.41, 5.74) is 3.38. The van der Waals surface area contributed by atoms with E-state index in [4.69, 9.17) is 4.74 Å². The molecule has 2 rings (SSSR count). The smallest absolute Gasteiger partial charge is 0.218 e. The molecule has 0 aromatic heterocycles. The molecule has 1 aliphatic heterocycles. The van der Waals surface area contributed by atoms with Crippen LogP contribution in [0.1, 0.15) is 25.0 Å². The van der Waals surface area contributed by atoms with Crippen LogP contribution in [0.25, 0.3) is 0 Å². The Kier molecular flexibility index (Phi) is 4.17. The predicted molar refractivity (Wildman–Crippen MR) is 79.4 cm³/mol. The summed E-state index contributed by atoms with van der Waals surface area (Å²) in [6.45, 7) is 7.15. The molecule has 1 N–H and O–H groups in total. The number of rotatable bonds is 4. The lowest BCUT2D eigenvalue weighted by Gasteiger charge is -2.12. The minimum absolute atomic E-state index is 0.280. The molecule has 0 amide bonds. The average Bonchev–Trinajstić information content (AvgIpc) is 2.81. The van der Waals surface area contributed by atoms with E-state index < -0.39 is 0 Å². The molecule has 18 heavy (non-hydrogen) atoms. The molecule has 1 heterocycles. The van der Waals surface area contributed by atoms with Gasteiger partial charge in [-0.05, 0) is 24.5 Å². The number of benzene rings is 1. The lowest BCUT2D eigenvalue weighted by Crippen LogP contribution is -2.13. The molecule has 4 heteroatoms. The fourth-order valence-electron chi connectivity index (χ4n) is 1.96. The molecular formula is C14H20N2OS. The van der Waals surface area contributed by atoms with Gasteiger partial charge in [-0.15, -0.1) is 0 Å². The first kappa shape index (κ1) is 13.3. The highest BCUT2D eigenvalue weighted by Gasteiger charge is 2.24. The van der Waals surface area contributed by atoms with E-state index in [1.165, 1.54) is 5.56 Å². The molecule has 0 saturated carbocycles. The van der Waals surface area contributed by atoms with Crippen molar-refractivity contribution in [1.29, 1.82) is 0 Å². The number of nitrogens with zero attached hydrogens (tertiary/aromatic N) is 1. The fraction of sp³-hybridized carbons (Fsp3) is 0.500. The third-order valence-corrected chi connectivity index (χ3v) is 3.56. The number of aliphatic imine (C=N–C) groups is 1. The number of aryl methyl sites for hydroxylation is 1. The van der Waals surface area contributed by atoms with Crippen molar-refractivity contribution in [1.82, 2.24) is 0 Å². The summed E-state index contributed by atoms with van der Waals surface area (Å²) >= 11 is 1.59. The molecule has 1 aromatic carbocycles. The molecule has 0 aliphatic carbocycles. The van der Waals surface area contributed by atoms with E-state index in [1.807, 2.05) is 12.3 Å². The van der Waals surface area contributed by atoms with Gasteiger partial charge in [-0.3, -0.25) is 0 Å². The molecule has 0 bridgehead atoms. The molecule has 0 saturated heterocycles. The number of ether oxygens (including phenoxy) is 1. The van der Waals surface area contributed by atoms with E-state index in [1.54, 1.807) is 11.9 Å². The molecule has 1 aromatic rings. The predicted octanol–water partition coefficient (Wildman–Crippen LogP) is 3.49. The van der Waals surface area contributed by atoms with Gasteiger partial charge in [0.2, 0.25) is 5.90 Å². The molecule has 1 unspecified atom stereocenters. The number of para-hydroxylation sites is 1. The summed E-state index contributed by atoms with van der Waals surface area (Å²) in [5, 5.41) is 0. The Hall–Kier alpha value is -1.16. The maximum Gasteiger partial charge on any atom is 0.218 e. The largest absolute Gasteiger partial charge is 0.475 e. The van der Waals surface area contributed by atoms with Crippen LogP contribution < -0.4 is 4.72 Å². The quantitative estimate of drug-likeness (QED) is 0.845. The molecule has 1 atom stereocenters. The summed E-state index contributed by atoms with van der Waals surface area (Å²) in [6.07, 6.45) is 2.02. The molecule has 1 aliphatic rings. The van der Waals surface area contributed by atoms with E-state index in [-0.39, 0.29) is 6.04 Å². The van der Waals surface area contributed by atoms with E-state index in [2.05, 4.69) is 42.6 Å². The standard InChI is InChI=1S/C14H20N2OS/c1-9(2)12-8-17-14(15-12)11-7-5-6-10(3)13(11)16-18-4/h5-7,9,12,16H,8H2,1-4H3. The molecular weight excluding hydrogens is 244 g/mol. The lowest BCUT2D eigenvalue weighted by atomic mass is 10.1. The van der Waals surface area contributed by atoms with Crippen LogP contribution in [-0.4, -0.2) is 24.8 Å². The minimum Gasteiger partial charge on any atom is -0.475 e. The highest BCUT2D eigenvalue weighted by Crippen LogP contribution is 2.27. The average molecular weight is 264 g/mol. The van der Waals surface area contributed by atoms with Gasteiger partial charge in [0.05, 0.1) is 17.3 Å². The zero-order valence-corrected chi connectivity index (χ0v) is 12.2. The second-order valence-corrected chi connectivity index (χ2v) is 5.47. The summed E-state index contributed by atoms with van der Waals surface area (Å²) in [4.78, 5) is 4.69. The monoisotopic (exact) mass is 264 g/mol. The molecule has 0 radical (unpaired) electrons. The maximum absolute atomic E-state index is 5.76. The Morgan fingerprint density at radius 2 is 2.22 bits per heavy atom. The normalized spacial score (nSPS) is 18.7. The first-order valence-electron chi connectivity index (χ1n) is 6.23. The Morgan fingerprint density at radius 1 is 1.44 bits per heavy atom. The van der Waals surface area contributed by atoms with Gasteiger partial charge in [-0.1, -0.05) is 37.9 Å². The van der Waals surface area contributed by atoms with Gasteiger partial charge in [-0.25, -0.2) is 4.99 Å². The minimum atomic E-state index is 0.280. The van der Waals surface area contributed by atoms with Gasteiger partial charge < -0.3 is 9.46 Å². The van der Waals surface area contributed by atoms with Crippen LogP contribution in [0, 0.1) is 12.8 Å². The van der Waals surface area contributed by atoms with Crippen LogP contribution >= 0.6 is 11.9 Å². The van der Waals surface area contributed by atoms with Gasteiger partial charge in [-0.2, -0.15) is 0 Å². The highest BCUT2D eigenvalue weighted by atomic mass is 32.2. The van der Waals surface area contributed by atoms with Crippen molar-refractivity contribution in [2.24, 2.45) is 10.9 Å². The zero-order valence-electron chi connectivity index (χ0n) is 11.4. The van der Waals surface area contributed by atoms with E-state index >= 15 is 0 Å². The summed E-state index contributed by atoms with van der Waals surface area (Å²) in [6, 6.07) is 6.48. The van der Waals surface area contributed by atoms with Crippen molar-refractivity contribution < 1.29 is 4.74 Å². The first-order chi connectivity index (χ1) is 8.63. The summed E-state index contributed by atoms with van der Waals surface area (Å²) < 4.78 is 9.08. The topological polar surface area (TPSA) is 33.6 Å². The van der Waals surface area contributed by atoms with Crippen LogP contribution in [-0.2, 0) is 4.74 Å². The van der Waals surface area contributed by atoms with E-state index in [9.17, 15) is 0 Å². The maximum atomic E-state index is 5.76. The van der Waals surface area contributed by atoms with E-state index in [0.717, 1.165) is 17.1 Å². The second kappa shape index (κ2) is 5.65. The third-order valence-electron chi connectivity index (χ3n) is 3.15. The molecule has 0 fully saturated rings. The SMILES string of the molecule is CSNc1c(C)cccc1C1=NC(C(C)C)CO1. The molecule has 98 valence electrons. The Labute approximate surface area is 113 Å². The van der Waals surface area contributed by atoms with Gasteiger partial charge in [0, 0.05) is 6.26 Å². The van der Waals surface area contributed by atoms with Crippen LogP contribution in [0.3, 0.4) is 0 Å². The fourth-order valence-corrected chi connectivity index (χ4v) is 2.44. The van der Waals surface area contributed by atoms with E-state index in [0.29, 0.717) is 12.5 Å². The summed E-state index contributed by atoms with van der Waals surface area (Å²) in [5.74, 6) is 1.29. The molecule has 3 nitrogen and oxygen atoms in total. The van der Waals surface area contributed by atoms with Crippen molar-refractivity contribution in [2.45, 2.75) is 26.8 Å². The summed E-state index contributed by atoms with van der Waals surface area (Å²) in [7, 11) is 0. The molecule has 0 spiro atoms.